The number of halogens is 1. The van der Waals surface area contributed by atoms with E-state index in [4.69, 9.17) is 0 Å². The molecular formula is C18H18BrNO. The van der Waals surface area contributed by atoms with Gasteiger partial charge in [0.2, 0.25) is 0 Å². The Balaban J connectivity index is 2.12. The highest BCUT2D eigenvalue weighted by molar-refractivity contribution is 9.10. The first kappa shape index (κ1) is 14.2. The monoisotopic (exact) mass is 343 g/mol. The Morgan fingerprint density at radius 2 is 1.86 bits per heavy atom. The lowest BCUT2D eigenvalue weighted by atomic mass is 9.93. The SMILES string of the molecule is CCc1c(C(C)c2ccc(O)cc2)[nH]c2ccc(Br)cc12. The lowest BCUT2D eigenvalue weighted by Gasteiger charge is -2.13. The van der Waals surface area contributed by atoms with Gasteiger partial charge in [-0.1, -0.05) is 41.9 Å². The zero-order valence-electron chi connectivity index (χ0n) is 12.2. The van der Waals surface area contributed by atoms with Gasteiger partial charge in [0.05, 0.1) is 0 Å². The van der Waals surface area contributed by atoms with Crippen LogP contribution in [0.25, 0.3) is 10.9 Å². The standard InChI is InChI=1S/C18H18BrNO/c1-3-15-16-10-13(19)6-9-17(16)20-18(15)11(2)12-4-7-14(21)8-5-12/h4-11,20-21H,3H2,1-2H3. The van der Waals surface area contributed by atoms with E-state index in [1.54, 1.807) is 12.1 Å². The highest BCUT2D eigenvalue weighted by Gasteiger charge is 2.17. The van der Waals surface area contributed by atoms with Crippen LogP contribution in [0.4, 0.5) is 0 Å². The van der Waals surface area contributed by atoms with Crippen LogP contribution in [-0.4, -0.2) is 10.1 Å². The number of aryl methyl sites for hydroxylation is 1. The van der Waals surface area contributed by atoms with E-state index >= 15 is 0 Å². The number of aromatic hydroxyl groups is 1. The molecule has 0 fully saturated rings. The molecule has 21 heavy (non-hydrogen) atoms. The number of phenols is 1. The van der Waals surface area contributed by atoms with E-state index in [0.29, 0.717) is 5.75 Å². The normalized spacial score (nSPS) is 12.7. The van der Waals surface area contributed by atoms with Crippen molar-refractivity contribution in [1.82, 2.24) is 4.98 Å². The lowest BCUT2D eigenvalue weighted by Crippen LogP contribution is -1.99. The third-order valence-electron chi connectivity index (χ3n) is 4.08. The molecule has 3 rings (SSSR count). The first-order chi connectivity index (χ1) is 10.1. The topological polar surface area (TPSA) is 36.0 Å². The number of hydrogen-bond acceptors (Lipinski definition) is 1. The predicted octanol–water partition coefficient (Wildman–Crippen LogP) is 5.35. The Hall–Kier alpha value is -1.74. The van der Waals surface area contributed by atoms with Gasteiger partial charge in [-0.3, -0.25) is 0 Å². The van der Waals surface area contributed by atoms with Crippen LogP contribution in [0.1, 0.15) is 36.6 Å². The Kier molecular flexibility index (Phi) is 3.77. The molecule has 1 heterocycles. The average Bonchev–Trinajstić information content (AvgIpc) is 2.85. The van der Waals surface area contributed by atoms with E-state index in [1.165, 1.54) is 27.7 Å². The summed E-state index contributed by atoms with van der Waals surface area (Å²) in [5.74, 6) is 0.578. The third-order valence-corrected chi connectivity index (χ3v) is 4.57. The predicted molar refractivity (Wildman–Crippen MR) is 91.0 cm³/mol. The highest BCUT2D eigenvalue weighted by Crippen LogP contribution is 2.33. The fourth-order valence-corrected chi connectivity index (χ4v) is 3.28. The lowest BCUT2D eigenvalue weighted by molar-refractivity contribution is 0.475. The summed E-state index contributed by atoms with van der Waals surface area (Å²) < 4.78 is 1.10. The van der Waals surface area contributed by atoms with Gasteiger partial charge < -0.3 is 10.1 Å². The van der Waals surface area contributed by atoms with E-state index in [-0.39, 0.29) is 5.92 Å². The van der Waals surface area contributed by atoms with Crippen LogP contribution >= 0.6 is 15.9 Å². The Morgan fingerprint density at radius 1 is 1.14 bits per heavy atom. The molecule has 2 aromatic carbocycles. The van der Waals surface area contributed by atoms with Gasteiger partial charge in [-0.15, -0.1) is 0 Å². The Morgan fingerprint density at radius 3 is 2.52 bits per heavy atom. The number of benzene rings is 2. The molecule has 3 aromatic rings. The fraction of sp³-hybridized carbons (Fsp3) is 0.222. The molecule has 0 aliphatic heterocycles. The molecule has 0 saturated heterocycles. The maximum Gasteiger partial charge on any atom is 0.115 e. The van der Waals surface area contributed by atoms with Crippen molar-refractivity contribution in [1.29, 1.82) is 0 Å². The van der Waals surface area contributed by atoms with Gasteiger partial charge in [0.15, 0.2) is 0 Å². The van der Waals surface area contributed by atoms with Crippen molar-refractivity contribution in [3.05, 3.63) is 63.8 Å². The van der Waals surface area contributed by atoms with Crippen LogP contribution in [0.3, 0.4) is 0 Å². The van der Waals surface area contributed by atoms with Crippen molar-refractivity contribution in [3.8, 4) is 5.75 Å². The molecule has 1 atom stereocenters. The van der Waals surface area contributed by atoms with Crippen molar-refractivity contribution in [2.45, 2.75) is 26.2 Å². The number of phenolic OH excluding ortho intramolecular Hbond substituents is 1. The third kappa shape index (κ3) is 2.58. The van der Waals surface area contributed by atoms with Gasteiger partial charge in [0.1, 0.15) is 5.75 Å². The fourth-order valence-electron chi connectivity index (χ4n) is 2.92. The number of fused-ring (bicyclic) bond motifs is 1. The summed E-state index contributed by atoms with van der Waals surface area (Å²) in [4.78, 5) is 3.57. The minimum absolute atomic E-state index is 0.270. The number of nitrogens with one attached hydrogen (secondary N) is 1. The molecule has 0 saturated carbocycles. The molecule has 2 N–H and O–H groups in total. The minimum atomic E-state index is 0.270. The van der Waals surface area contributed by atoms with Crippen LogP contribution in [0.15, 0.2) is 46.9 Å². The number of aromatic amines is 1. The van der Waals surface area contributed by atoms with Crippen molar-refractivity contribution in [2.24, 2.45) is 0 Å². The summed E-state index contributed by atoms with van der Waals surface area (Å²) in [6.07, 6.45) is 0.994. The van der Waals surface area contributed by atoms with Gasteiger partial charge in [-0.05, 0) is 47.9 Å². The highest BCUT2D eigenvalue weighted by atomic mass is 79.9. The van der Waals surface area contributed by atoms with Crippen molar-refractivity contribution >= 4 is 26.8 Å². The van der Waals surface area contributed by atoms with Crippen molar-refractivity contribution < 1.29 is 5.11 Å². The summed E-state index contributed by atoms with van der Waals surface area (Å²) in [7, 11) is 0. The summed E-state index contributed by atoms with van der Waals surface area (Å²) in [5, 5.41) is 10.7. The van der Waals surface area contributed by atoms with Crippen LogP contribution in [-0.2, 0) is 6.42 Å². The molecule has 2 nitrogen and oxygen atoms in total. The zero-order chi connectivity index (χ0) is 15.0. The maximum atomic E-state index is 9.44. The molecule has 0 amide bonds. The Labute approximate surface area is 133 Å². The van der Waals surface area contributed by atoms with Gasteiger partial charge in [-0.25, -0.2) is 0 Å². The number of hydrogen-bond donors (Lipinski definition) is 2. The summed E-state index contributed by atoms with van der Waals surface area (Å²) in [6, 6.07) is 13.8. The van der Waals surface area contributed by atoms with Crippen molar-refractivity contribution in [2.75, 3.05) is 0 Å². The summed E-state index contributed by atoms with van der Waals surface area (Å²) >= 11 is 3.55. The average molecular weight is 344 g/mol. The summed E-state index contributed by atoms with van der Waals surface area (Å²) in [6.45, 7) is 4.39. The van der Waals surface area contributed by atoms with Crippen LogP contribution in [0, 0.1) is 0 Å². The largest absolute Gasteiger partial charge is 0.508 e. The molecule has 1 unspecified atom stereocenters. The molecule has 0 aliphatic rings. The van der Waals surface area contributed by atoms with E-state index in [0.717, 1.165) is 10.9 Å². The van der Waals surface area contributed by atoms with Gasteiger partial charge >= 0.3 is 0 Å². The molecule has 3 heteroatoms. The van der Waals surface area contributed by atoms with E-state index in [9.17, 15) is 5.11 Å². The molecule has 0 spiro atoms. The molecule has 0 bridgehead atoms. The van der Waals surface area contributed by atoms with Crippen LogP contribution in [0.2, 0.25) is 0 Å². The number of H-pyrrole nitrogens is 1. The van der Waals surface area contributed by atoms with E-state index < -0.39 is 0 Å². The minimum Gasteiger partial charge on any atom is -0.508 e. The maximum absolute atomic E-state index is 9.44. The van der Waals surface area contributed by atoms with E-state index in [2.05, 4.69) is 53.0 Å². The van der Waals surface area contributed by atoms with Gasteiger partial charge in [0.25, 0.3) is 0 Å². The molecule has 0 aliphatic carbocycles. The second-order valence-electron chi connectivity index (χ2n) is 5.37. The second-order valence-corrected chi connectivity index (χ2v) is 6.29. The van der Waals surface area contributed by atoms with Gasteiger partial charge in [0, 0.05) is 27.0 Å². The smallest absolute Gasteiger partial charge is 0.115 e. The van der Waals surface area contributed by atoms with Crippen LogP contribution in [0.5, 0.6) is 5.75 Å². The molecule has 108 valence electrons. The molecular weight excluding hydrogens is 326 g/mol. The molecule has 1 aromatic heterocycles. The second kappa shape index (κ2) is 5.57. The quantitative estimate of drug-likeness (QED) is 0.660. The number of aromatic nitrogens is 1. The van der Waals surface area contributed by atoms with E-state index in [1.807, 2.05) is 12.1 Å². The number of rotatable bonds is 3. The first-order valence-electron chi connectivity index (χ1n) is 7.19. The van der Waals surface area contributed by atoms with Gasteiger partial charge in [-0.2, -0.15) is 0 Å². The van der Waals surface area contributed by atoms with Crippen molar-refractivity contribution in [3.63, 3.8) is 0 Å². The first-order valence-corrected chi connectivity index (χ1v) is 7.98. The Bertz CT molecular complexity index is 774. The molecule has 0 radical (unpaired) electrons. The summed E-state index contributed by atoms with van der Waals surface area (Å²) in [5.41, 5.74) is 5.01. The zero-order valence-corrected chi connectivity index (χ0v) is 13.7. The van der Waals surface area contributed by atoms with Crippen LogP contribution < -0.4 is 0 Å².